The van der Waals surface area contributed by atoms with Crippen molar-refractivity contribution in [1.29, 1.82) is 0 Å². The van der Waals surface area contributed by atoms with E-state index in [1.807, 2.05) is 36.4 Å². The van der Waals surface area contributed by atoms with Crippen LogP contribution in [0.25, 0.3) is 11.1 Å². The molecule has 0 atom stereocenters. The Bertz CT molecular complexity index is 598. The SMILES string of the molecule is Oc1ccccc1C1=C(c2ccccc2O)CCCC1. The molecule has 1 aliphatic rings. The fourth-order valence-corrected chi connectivity index (χ4v) is 2.96. The van der Waals surface area contributed by atoms with Crippen LogP contribution in [0.1, 0.15) is 36.8 Å². The Labute approximate surface area is 119 Å². The zero-order valence-corrected chi connectivity index (χ0v) is 11.3. The van der Waals surface area contributed by atoms with Crippen molar-refractivity contribution in [1.82, 2.24) is 0 Å². The number of aromatic hydroxyl groups is 2. The van der Waals surface area contributed by atoms with Crippen LogP contribution in [0.2, 0.25) is 0 Å². The van der Waals surface area contributed by atoms with Crippen LogP contribution in [-0.4, -0.2) is 10.2 Å². The van der Waals surface area contributed by atoms with E-state index in [0.29, 0.717) is 11.5 Å². The summed E-state index contributed by atoms with van der Waals surface area (Å²) in [4.78, 5) is 0. The van der Waals surface area contributed by atoms with Crippen molar-refractivity contribution in [2.45, 2.75) is 25.7 Å². The molecule has 1 aliphatic carbocycles. The van der Waals surface area contributed by atoms with E-state index < -0.39 is 0 Å². The molecule has 20 heavy (non-hydrogen) atoms. The van der Waals surface area contributed by atoms with Gasteiger partial charge in [0.1, 0.15) is 11.5 Å². The quantitative estimate of drug-likeness (QED) is 0.835. The summed E-state index contributed by atoms with van der Waals surface area (Å²) >= 11 is 0. The predicted molar refractivity (Wildman–Crippen MR) is 81.5 cm³/mol. The minimum atomic E-state index is 0.317. The van der Waals surface area contributed by atoms with E-state index in [4.69, 9.17) is 0 Å². The Morgan fingerprint density at radius 1 is 0.600 bits per heavy atom. The largest absolute Gasteiger partial charge is 0.507 e. The molecule has 2 nitrogen and oxygen atoms in total. The molecule has 0 unspecified atom stereocenters. The van der Waals surface area contributed by atoms with Gasteiger partial charge < -0.3 is 10.2 Å². The highest BCUT2D eigenvalue weighted by atomic mass is 16.3. The van der Waals surface area contributed by atoms with E-state index in [1.165, 1.54) is 0 Å². The van der Waals surface area contributed by atoms with Crippen molar-refractivity contribution in [3.8, 4) is 11.5 Å². The first-order valence-electron chi connectivity index (χ1n) is 7.06. The molecule has 2 heteroatoms. The van der Waals surface area contributed by atoms with Crippen molar-refractivity contribution in [2.75, 3.05) is 0 Å². The van der Waals surface area contributed by atoms with Gasteiger partial charge in [-0.2, -0.15) is 0 Å². The zero-order valence-electron chi connectivity index (χ0n) is 11.3. The lowest BCUT2D eigenvalue weighted by atomic mass is 9.83. The second-order valence-corrected chi connectivity index (χ2v) is 5.20. The Morgan fingerprint density at radius 3 is 1.40 bits per heavy atom. The smallest absolute Gasteiger partial charge is 0.123 e. The van der Waals surface area contributed by atoms with E-state index in [9.17, 15) is 10.2 Å². The number of benzene rings is 2. The third kappa shape index (κ3) is 2.29. The van der Waals surface area contributed by atoms with E-state index in [-0.39, 0.29) is 0 Å². The maximum Gasteiger partial charge on any atom is 0.123 e. The molecule has 0 aromatic heterocycles. The Kier molecular flexibility index (Phi) is 3.46. The van der Waals surface area contributed by atoms with Gasteiger partial charge in [0.05, 0.1) is 0 Å². The molecule has 102 valence electrons. The second kappa shape index (κ2) is 5.41. The number of hydrogen-bond acceptors (Lipinski definition) is 2. The van der Waals surface area contributed by atoms with Crippen LogP contribution >= 0.6 is 0 Å². The summed E-state index contributed by atoms with van der Waals surface area (Å²) in [6, 6.07) is 14.9. The standard InChI is InChI=1S/C18H18O2/c19-17-11-5-3-9-15(17)13-7-1-2-8-14(13)16-10-4-6-12-18(16)20/h3-6,9-12,19-20H,1-2,7-8H2. The highest BCUT2D eigenvalue weighted by molar-refractivity contribution is 5.94. The maximum atomic E-state index is 10.1. The van der Waals surface area contributed by atoms with Crippen molar-refractivity contribution in [2.24, 2.45) is 0 Å². The molecule has 0 radical (unpaired) electrons. The number of phenolic OH excluding ortho intramolecular Hbond substituents is 2. The van der Waals surface area contributed by atoms with E-state index >= 15 is 0 Å². The van der Waals surface area contributed by atoms with Gasteiger partial charge in [-0.05, 0) is 49.0 Å². The highest BCUT2D eigenvalue weighted by Crippen LogP contribution is 2.42. The van der Waals surface area contributed by atoms with Crippen molar-refractivity contribution >= 4 is 11.1 Å². The van der Waals surface area contributed by atoms with Gasteiger partial charge in [-0.3, -0.25) is 0 Å². The molecule has 3 rings (SSSR count). The van der Waals surface area contributed by atoms with Gasteiger partial charge in [0, 0.05) is 11.1 Å². The van der Waals surface area contributed by atoms with Crippen LogP contribution in [0.4, 0.5) is 0 Å². The summed E-state index contributed by atoms with van der Waals surface area (Å²) in [5.41, 5.74) is 4.11. The highest BCUT2D eigenvalue weighted by Gasteiger charge is 2.19. The molecule has 0 saturated carbocycles. The van der Waals surface area contributed by atoms with Crippen LogP contribution in [0, 0.1) is 0 Å². The normalized spacial score (nSPS) is 15.4. The Balaban J connectivity index is 2.18. The topological polar surface area (TPSA) is 40.5 Å². The summed E-state index contributed by atoms with van der Waals surface area (Å²) in [5, 5.41) is 20.2. The first kappa shape index (κ1) is 12.8. The minimum absolute atomic E-state index is 0.317. The monoisotopic (exact) mass is 266 g/mol. The summed E-state index contributed by atoms with van der Waals surface area (Å²) < 4.78 is 0. The van der Waals surface area contributed by atoms with Gasteiger partial charge in [0.15, 0.2) is 0 Å². The molecule has 0 amide bonds. The summed E-state index contributed by atoms with van der Waals surface area (Å²) in [5.74, 6) is 0.634. The number of rotatable bonds is 2. The second-order valence-electron chi connectivity index (χ2n) is 5.20. The van der Waals surface area contributed by atoms with Crippen LogP contribution in [0.15, 0.2) is 48.5 Å². The fraction of sp³-hybridized carbons (Fsp3) is 0.222. The lowest BCUT2D eigenvalue weighted by molar-refractivity contribution is 0.471. The first-order chi connectivity index (χ1) is 9.77. The molecule has 0 saturated heterocycles. The van der Waals surface area contributed by atoms with Gasteiger partial charge in [-0.1, -0.05) is 36.4 Å². The minimum Gasteiger partial charge on any atom is -0.507 e. The zero-order chi connectivity index (χ0) is 13.9. The van der Waals surface area contributed by atoms with Crippen LogP contribution in [0.3, 0.4) is 0 Å². The fourth-order valence-electron chi connectivity index (χ4n) is 2.96. The third-order valence-corrected chi connectivity index (χ3v) is 3.93. The molecule has 2 N–H and O–H groups in total. The summed E-state index contributed by atoms with van der Waals surface area (Å²) in [6.07, 6.45) is 4.14. The maximum absolute atomic E-state index is 10.1. The van der Waals surface area contributed by atoms with E-state index in [1.54, 1.807) is 12.1 Å². The van der Waals surface area contributed by atoms with Crippen LogP contribution < -0.4 is 0 Å². The van der Waals surface area contributed by atoms with Gasteiger partial charge in [0.2, 0.25) is 0 Å². The molecular weight excluding hydrogens is 248 g/mol. The van der Waals surface area contributed by atoms with E-state index in [0.717, 1.165) is 48.0 Å². The van der Waals surface area contributed by atoms with Gasteiger partial charge in [0.25, 0.3) is 0 Å². The van der Waals surface area contributed by atoms with Crippen molar-refractivity contribution < 1.29 is 10.2 Å². The van der Waals surface area contributed by atoms with Gasteiger partial charge in [-0.25, -0.2) is 0 Å². The summed E-state index contributed by atoms with van der Waals surface area (Å²) in [7, 11) is 0. The lowest BCUT2D eigenvalue weighted by Crippen LogP contribution is -2.00. The number of para-hydroxylation sites is 2. The van der Waals surface area contributed by atoms with Gasteiger partial charge in [-0.15, -0.1) is 0 Å². The molecule has 0 aliphatic heterocycles. The number of hydrogen-bond donors (Lipinski definition) is 2. The molecule has 0 heterocycles. The molecule has 2 aromatic carbocycles. The molecule has 0 spiro atoms. The van der Waals surface area contributed by atoms with E-state index in [2.05, 4.69) is 0 Å². The molecule has 0 bridgehead atoms. The third-order valence-electron chi connectivity index (χ3n) is 3.93. The van der Waals surface area contributed by atoms with Crippen LogP contribution in [0.5, 0.6) is 11.5 Å². The molecular formula is C18H18O2. The molecule has 0 fully saturated rings. The molecule has 2 aromatic rings. The Hall–Kier alpha value is -2.22. The van der Waals surface area contributed by atoms with Gasteiger partial charge >= 0.3 is 0 Å². The predicted octanol–water partition coefficient (Wildman–Crippen LogP) is 4.58. The van der Waals surface area contributed by atoms with Crippen molar-refractivity contribution in [3.05, 3.63) is 59.7 Å². The van der Waals surface area contributed by atoms with Crippen LogP contribution in [-0.2, 0) is 0 Å². The summed E-state index contributed by atoms with van der Waals surface area (Å²) in [6.45, 7) is 0. The average molecular weight is 266 g/mol. The van der Waals surface area contributed by atoms with Crippen molar-refractivity contribution in [3.63, 3.8) is 0 Å². The number of phenols is 2. The number of allylic oxidation sites excluding steroid dienone is 2. The first-order valence-corrected chi connectivity index (χ1v) is 7.06. The Morgan fingerprint density at radius 2 is 1.00 bits per heavy atom. The lowest BCUT2D eigenvalue weighted by Gasteiger charge is -2.22. The average Bonchev–Trinajstić information content (AvgIpc) is 2.48.